The third-order valence-electron chi connectivity index (χ3n) is 4.84. The minimum Gasteiger partial charge on any atom is -0.364 e. The van der Waals surface area contributed by atoms with Crippen molar-refractivity contribution in [1.29, 1.82) is 0 Å². The summed E-state index contributed by atoms with van der Waals surface area (Å²) in [6.45, 7) is 8.15. The number of hydrogen-bond acceptors (Lipinski definition) is 6. The second-order valence-corrected chi connectivity index (χ2v) is 6.90. The molecule has 0 spiro atoms. The van der Waals surface area contributed by atoms with Crippen LogP contribution in [-0.4, -0.2) is 68.4 Å². The molecule has 0 unspecified atom stereocenters. The molecule has 4 rings (SSSR count). The van der Waals surface area contributed by atoms with Gasteiger partial charge in [0.05, 0.1) is 12.2 Å². The van der Waals surface area contributed by atoms with E-state index in [1.54, 1.807) is 23.3 Å². The van der Waals surface area contributed by atoms with Gasteiger partial charge in [-0.2, -0.15) is 5.10 Å². The van der Waals surface area contributed by atoms with E-state index in [0.29, 0.717) is 6.54 Å². The van der Waals surface area contributed by atoms with Crippen molar-refractivity contribution >= 4 is 5.96 Å². The summed E-state index contributed by atoms with van der Waals surface area (Å²) in [5, 5.41) is 11.7. The number of guanidine groups is 1. The van der Waals surface area contributed by atoms with E-state index in [0.717, 1.165) is 62.3 Å². The van der Waals surface area contributed by atoms with Crippen molar-refractivity contribution in [3.8, 4) is 5.82 Å². The number of aromatic nitrogens is 4. The first-order valence-corrected chi connectivity index (χ1v) is 9.91. The van der Waals surface area contributed by atoms with Gasteiger partial charge in [0, 0.05) is 63.9 Å². The summed E-state index contributed by atoms with van der Waals surface area (Å²) in [6, 6.07) is 7.83. The molecule has 29 heavy (non-hydrogen) atoms. The van der Waals surface area contributed by atoms with Crippen LogP contribution in [0, 0.1) is 0 Å². The van der Waals surface area contributed by atoms with E-state index in [4.69, 9.17) is 9.52 Å². The molecule has 0 radical (unpaired) electrons. The molecule has 3 aromatic heterocycles. The number of hydrogen-bond donors (Lipinski definition) is 1. The Labute approximate surface area is 170 Å². The molecule has 9 heteroatoms. The molecule has 0 bridgehead atoms. The number of pyridine rings is 1. The maximum atomic E-state index is 4.93. The SMILES string of the molecule is CCNC(=NCc1ccnc(-n2cccn2)c1)N1CCN(Cc2ccon2)CC1. The van der Waals surface area contributed by atoms with Crippen LogP contribution in [0.2, 0.25) is 0 Å². The molecule has 0 aromatic carbocycles. The highest BCUT2D eigenvalue weighted by atomic mass is 16.5. The van der Waals surface area contributed by atoms with Crippen molar-refractivity contribution in [2.75, 3.05) is 32.7 Å². The third kappa shape index (κ3) is 5.00. The van der Waals surface area contributed by atoms with Crippen LogP contribution in [0.15, 0.2) is 58.6 Å². The first-order valence-electron chi connectivity index (χ1n) is 9.91. The predicted octanol–water partition coefficient (Wildman–Crippen LogP) is 1.54. The highest BCUT2D eigenvalue weighted by molar-refractivity contribution is 5.80. The van der Waals surface area contributed by atoms with Gasteiger partial charge in [0.25, 0.3) is 0 Å². The standard InChI is InChI=1S/C20H26N8O/c1-2-21-20(27-11-9-26(10-12-27)16-18-5-13-29-25-18)23-15-17-4-7-22-19(14-17)28-8-3-6-24-28/h3-8,13-14H,2,9-12,15-16H2,1H3,(H,21,23). The Balaban J connectivity index is 1.37. The molecule has 1 saturated heterocycles. The topological polar surface area (TPSA) is 87.6 Å². The quantitative estimate of drug-likeness (QED) is 0.501. The Morgan fingerprint density at radius 3 is 2.83 bits per heavy atom. The van der Waals surface area contributed by atoms with Gasteiger partial charge in [-0.15, -0.1) is 0 Å². The van der Waals surface area contributed by atoms with Crippen LogP contribution in [0.25, 0.3) is 5.82 Å². The van der Waals surface area contributed by atoms with Crippen LogP contribution in [0.1, 0.15) is 18.2 Å². The fraction of sp³-hybridized carbons (Fsp3) is 0.400. The van der Waals surface area contributed by atoms with E-state index in [2.05, 4.69) is 37.3 Å². The lowest BCUT2D eigenvalue weighted by atomic mass is 10.2. The molecular weight excluding hydrogens is 368 g/mol. The van der Waals surface area contributed by atoms with Crippen molar-refractivity contribution in [3.05, 3.63) is 60.4 Å². The number of rotatable bonds is 6. The van der Waals surface area contributed by atoms with Crippen LogP contribution < -0.4 is 5.32 Å². The summed E-state index contributed by atoms with van der Waals surface area (Å²) in [5.74, 6) is 1.75. The molecule has 0 aliphatic carbocycles. The van der Waals surface area contributed by atoms with Crippen molar-refractivity contribution in [3.63, 3.8) is 0 Å². The molecule has 1 aliphatic heterocycles. The Bertz CT molecular complexity index is 898. The van der Waals surface area contributed by atoms with Crippen LogP contribution in [-0.2, 0) is 13.1 Å². The summed E-state index contributed by atoms with van der Waals surface area (Å²) < 4.78 is 6.68. The lowest BCUT2D eigenvalue weighted by molar-refractivity contribution is 0.169. The van der Waals surface area contributed by atoms with Crippen LogP contribution in [0.5, 0.6) is 0 Å². The normalized spacial score (nSPS) is 15.6. The third-order valence-corrected chi connectivity index (χ3v) is 4.84. The summed E-state index contributed by atoms with van der Waals surface area (Å²) >= 11 is 0. The molecule has 3 aromatic rings. The molecule has 0 atom stereocenters. The smallest absolute Gasteiger partial charge is 0.194 e. The van der Waals surface area contributed by atoms with E-state index < -0.39 is 0 Å². The fourth-order valence-electron chi connectivity index (χ4n) is 3.35. The number of nitrogens with one attached hydrogen (secondary N) is 1. The molecule has 9 nitrogen and oxygen atoms in total. The van der Waals surface area contributed by atoms with Crippen LogP contribution in [0.4, 0.5) is 0 Å². The highest BCUT2D eigenvalue weighted by Gasteiger charge is 2.20. The second kappa shape index (κ2) is 9.33. The van der Waals surface area contributed by atoms with Gasteiger partial charge in [-0.25, -0.2) is 14.7 Å². The first kappa shape index (κ1) is 19.1. The second-order valence-electron chi connectivity index (χ2n) is 6.90. The van der Waals surface area contributed by atoms with E-state index in [-0.39, 0.29) is 0 Å². The zero-order valence-electron chi connectivity index (χ0n) is 16.6. The Hall–Kier alpha value is -3.20. The van der Waals surface area contributed by atoms with Gasteiger partial charge < -0.3 is 14.7 Å². The van der Waals surface area contributed by atoms with Crippen molar-refractivity contribution in [2.24, 2.45) is 4.99 Å². The van der Waals surface area contributed by atoms with Gasteiger partial charge in [0.15, 0.2) is 11.8 Å². The summed E-state index contributed by atoms with van der Waals surface area (Å²) in [7, 11) is 0. The molecule has 1 N–H and O–H groups in total. The predicted molar refractivity (Wildman–Crippen MR) is 110 cm³/mol. The summed E-state index contributed by atoms with van der Waals surface area (Å²) in [6.07, 6.45) is 7.06. The maximum absolute atomic E-state index is 4.93. The molecule has 4 heterocycles. The van der Waals surface area contributed by atoms with Gasteiger partial charge in [-0.1, -0.05) is 5.16 Å². The van der Waals surface area contributed by atoms with E-state index >= 15 is 0 Å². The largest absolute Gasteiger partial charge is 0.364 e. The zero-order chi connectivity index (χ0) is 19.9. The van der Waals surface area contributed by atoms with E-state index in [1.165, 1.54) is 0 Å². The van der Waals surface area contributed by atoms with Crippen molar-refractivity contribution < 1.29 is 4.52 Å². The number of nitrogens with zero attached hydrogens (tertiary/aromatic N) is 7. The van der Waals surface area contributed by atoms with Gasteiger partial charge in [0.2, 0.25) is 0 Å². The van der Waals surface area contributed by atoms with Crippen LogP contribution >= 0.6 is 0 Å². The Kier molecular flexibility index (Phi) is 6.16. The van der Waals surface area contributed by atoms with E-state index in [9.17, 15) is 0 Å². The molecular formula is C20H26N8O. The van der Waals surface area contributed by atoms with Gasteiger partial charge >= 0.3 is 0 Å². The lowest BCUT2D eigenvalue weighted by Gasteiger charge is -2.36. The maximum Gasteiger partial charge on any atom is 0.194 e. The van der Waals surface area contributed by atoms with Gasteiger partial charge in [-0.05, 0) is 30.7 Å². The molecule has 152 valence electrons. The Morgan fingerprint density at radius 2 is 2.10 bits per heavy atom. The molecule has 0 saturated carbocycles. The van der Waals surface area contributed by atoms with Crippen molar-refractivity contribution in [2.45, 2.75) is 20.0 Å². The highest BCUT2D eigenvalue weighted by Crippen LogP contribution is 2.10. The van der Waals surface area contributed by atoms with Gasteiger partial charge in [0.1, 0.15) is 6.26 Å². The molecule has 1 aliphatic rings. The fourth-order valence-corrected chi connectivity index (χ4v) is 3.35. The minimum absolute atomic E-state index is 0.596. The van der Waals surface area contributed by atoms with Gasteiger partial charge in [-0.3, -0.25) is 4.90 Å². The van der Waals surface area contributed by atoms with E-state index in [1.807, 2.05) is 30.5 Å². The first-order chi connectivity index (χ1) is 14.3. The lowest BCUT2D eigenvalue weighted by Crippen LogP contribution is -2.52. The molecule has 0 amide bonds. The van der Waals surface area contributed by atoms with Crippen LogP contribution in [0.3, 0.4) is 0 Å². The monoisotopic (exact) mass is 394 g/mol. The number of piperazine rings is 1. The minimum atomic E-state index is 0.596. The molecule has 1 fully saturated rings. The Morgan fingerprint density at radius 1 is 1.21 bits per heavy atom. The summed E-state index contributed by atoms with van der Waals surface area (Å²) in [5.41, 5.74) is 2.08. The zero-order valence-corrected chi connectivity index (χ0v) is 16.6. The average Bonchev–Trinajstić information content (AvgIpc) is 3.46. The average molecular weight is 394 g/mol. The number of aliphatic imine (C=N–C) groups is 1. The van der Waals surface area contributed by atoms with Crippen molar-refractivity contribution in [1.82, 2.24) is 35.0 Å². The summed E-state index contributed by atoms with van der Waals surface area (Å²) in [4.78, 5) is 13.9.